The number of ether oxygens (including phenoxy) is 1. The molecule has 148 valence electrons. The first-order chi connectivity index (χ1) is 14.2. The summed E-state index contributed by atoms with van der Waals surface area (Å²) < 4.78 is 7.00. The standard InChI is InChI=1S/C22H21N3O3S/c26-21(15-8-9-16-20(12-15)29-14-23-16)25-13-19(22(27)24-10-4-1-5-11-24)28-18-7-3-2-6-17(18)25/h2-3,6-9,12,14,19H,1,4-5,10-11,13H2/t19-/m0/s1. The number of para-hydroxylation sites is 2. The third-order valence-electron chi connectivity index (χ3n) is 5.54. The van der Waals surface area contributed by atoms with Gasteiger partial charge in [-0.25, -0.2) is 4.98 Å². The van der Waals surface area contributed by atoms with Crippen LogP contribution in [0.2, 0.25) is 0 Å². The maximum Gasteiger partial charge on any atom is 0.265 e. The number of rotatable bonds is 2. The molecule has 3 aromatic rings. The molecule has 6 nitrogen and oxygen atoms in total. The van der Waals surface area contributed by atoms with Crippen molar-refractivity contribution in [3.05, 3.63) is 53.5 Å². The molecular formula is C22H21N3O3S. The zero-order valence-electron chi connectivity index (χ0n) is 15.9. The van der Waals surface area contributed by atoms with Gasteiger partial charge >= 0.3 is 0 Å². The van der Waals surface area contributed by atoms with E-state index in [-0.39, 0.29) is 18.4 Å². The van der Waals surface area contributed by atoms with E-state index in [0.29, 0.717) is 17.0 Å². The zero-order valence-corrected chi connectivity index (χ0v) is 16.7. The number of fused-ring (bicyclic) bond motifs is 2. The monoisotopic (exact) mass is 407 g/mol. The van der Waals surface area contributed by atoms with Crippen LogP contribution in [0.4, 0.5) is 5.69 Å². The summed E-state index contributed by atoms with van der Waals surface area (Å²) >= 11 is 1.51. The lowest BCUT2D eigenvalue weighted by atomic mass is 10.1. The van der Waals surface area contributed by atoms with Crippen LogP contribution in [0.3, 0.4) is 0 Å². The normalized spacial score (nSPS) is 19.0. The minimum absolute atomic E-state index is 0.0325. The molecule has 0 radical (unpaired) electrons. The Balaban J connectivity index is 1.47. The number of piperidine rings is 1. The number of likely N-dealkylation sites (tertiary alicyclic amines) is 1. The van der Waals surface area contributed by atoms with Crippen molar-refractivity contribution >= 4 is 39.1 Å². The van der Waals surface area contributed by atoms with Gasteiger partial charge < -0.3 is 14.5 Å². The number of carbonyl (C=O) groups is 2. The minimum atomic E-state index is -0.681. The maximum absolute atomic E-state index is 13.4. The van der Waals surface area contributed by atoms with E-state index in [9.17, 15) is 9.59 Å². The highest BCUT2D eigenvalue weighted by Gasteiger charge is 2.36. The Labute approximate surface area is 172 Å². The van der Waals surface area contributed by atoms with Gasteiger partial charge in [0.05, 0.1) is 28.0 Å². The molecule has 1 aromatic heterocycles. The van der Waals surface area contributed by atoms with Crippen LogP contribution in [0, 0.1) is 0 Å². The lowest BCUT2D eigenvalue weighted by molar-refractivity contribution is -0.139. The number of benzene rings is 2. The van der Waals surface area contributed by atoms with Crippen LogP contribution in [-0.4, -0.2) is 47.4 Å². The summed E-state index contributed by atoms with van der Waals surface area (Å²) in [5.41, 5.74) is 3.94. The molecule has 0 bridgehead atoms. The molecule has 0 N–H and O–H groups in total. The van der Waals surface area contributed by atoms with E-state index in [4.69, 9.17) is 4.74 Å². The molecule has 0 saturated carbocycles. The maximum atomic E-state index is 13.4. The van der Waals surface area contributed by atoms with Crippen LogP contribution < -0.4 is 9.64 Å². The second kappa shape index (κ2) is 7.48. The molecule has 1 saturated heterocycles. The molecular weight excluding hydrogens is 386 g/mol. The molecule has 2 aromatic carbocycles. The lowest BCUT2D eigenvalue weighted by Gasteiger charge is -2.37. The van der Waals surface area contributed by atoms with Crippen LogP contribution in [0.25, 0.3) is 10.2 Å². The van der Waals surface area contributed by atoms with E-state index in [1.54, 1.807) is 16.5 Å². The fourth-order valence-electron chi connectivity index (χ4n) is 4.02. The molecule has 1 atom stereocenters. The van der Waals surface area contributed by atoms with E-state index in [1.807, 2.05) is 41.3 Å². The van der Waals surface area contributed by atoms with Gasteiger partial charge in [0, 0.05) is 18.7 Å². The highest BCUT2D eigenvalue weighted by molar-refractivity contribution is 7.16. The van der Waals surface area contributed by atoms with Gasteiger partial charge in [-0.05, 0) is 49.6 Å². The van der Waals surface area contributed by atoms with E-state index in [2.05, 4.69) is 4.98 Å². The highest BCUT2D eigenvalue weighted by Crippen LogP contribution is 2.35. The van der Waals surface area contributed by atoms with Crippen molar-refractivity contribution in [3.63, 3.8) is 0 Å². The van der Waals surface area contributed by atoms with Crippen LogP contribution >= 0.6 is 11.3 Å². The molecule has 2 amide bonds. The Kier molecular flexibility index (Phi) is 4.67. The van der Waals surface area contributed by atoms with Crippen LogP contribution in [0.15, 0.2) is 48.0 Å². The summed E-state index contributed by atoms with van der Waals surface area (Å²) in [6.07, 6.45) is 2.51. The van der Waals surface area contributed by atoms with Crippen molar-refractivity contribution in [2.24, 2.45) is 0 Å². The summed E-state index contributed by atoms with van der Waals surface area (Å²) in [5, 5.41) is 0. The van der Waals surface area contributed by atoms with Gasteiger partial charge in [0.25, 0.3) is 11.8 Å². The number of anilines is 1. The van der Waals surface area contributed by atoms with Crippen LogP contribution in [0.1, 0.15) is 29.6 Å². The first-order valence-electron chi connectivity index (χ1n) is 9.90. The van der Waals surface area contributed by atoms with Crippen molar-refractivity contribution in [1.82, 2.24) is 9.88 Å². The quantitative estimate of drug-likeness (QED) is 0.650. The topological polar surface area (TPSA) is 62.7 Å². The number of amides is 2. The Bertz CT molecular complexity index is 1070. The number of thiazole rings is 1. The summed E-state index contributed by atoms with van der Waals surface area (Å²) in [6.45, 7) is 1.73. The Morgan fingerprint density at radius 1 is 1.07 bits per heavy atom. The number of hydrogen-bond donors (Lipinski definition) is 0. The fraction of sp³-hybridized carbons (Fsp3) is 0.318. The van der Waals surface area contributed by atoms with Gasteiger partial charge in [-0.2, -0.15) is 0 Å². The van der Waals surface area contributed by atoms with Crippen LogP contribution in [0.5, 0.6) is 5.75 Å². The van der Waals surface area contributed by atoms with Crippen molar-refractivity contribution in [2.45, 2.75) is 25.4 Å². The van der Waals surface area contributed by atoms with Crippen molar-refractivity contribution < 1.29 is 14.3 Å². The molecule has 2 aliphatic rings. The van der Waals surface area contributed by atoms with Gasteiger partial charge in [-0.1, -0.05) is 12.1 Å². The van der Waals surface area contributed by atoms with Crippen LogP contribution in [-0.2, 0) is 4.79 Å². The number of hydrogen-bond acceptors (Lipinski definition) is 5. The third kappa shape index (κ3) is 3.35. The second-order valence-corrected chi connectivity index (χ2v) is 8.30. The summed E-state index contributed by atoms with van der Waals surface area (Å²) in [5.74, 6) is 0.406. The van der Waals surface area contributed by atoms with Crippen molar-refractivity contribution in [2.75, 3.05) is 24.5 Å². The lowest BCUT2D eigenvalue weighted by Crippen LogP contribution is -2.52. The van der Waals surface area contributed by atoms with Gasteiger partial charge in [-0.3, -0.25) is 9.59 Å². The number of carbonyl (C=O) groups excluding carboxylic acids is 2. The molecule has 29 heavy (non-hydrogen) atoms. The average molecular weight is 407 g/mol. The molecule has 2 aliphatic heterocycles. The first kappa shape index (κ1) is 18.1. The minimum Gasteiger partial charge on any atom is -0.476 e. The highest BCUT2D eigenvalue weighted by atomic mass is 32.1. The summed E-state index contributed by atoms with van der Waals surface area (Å²) in [4.78, 5) is 34.3. The van der Waals surface area contributed by atoms with Crippen molar-refractivity contribution in [1.29, 1.82) is 0 Å². The summed E-state index contributed by atoms with van der Waals surface area (Å²) in [6, 6.07) is 12.9. The predicted molar refractivity (Wildman–Crippen MR) is 113 cm³/mol. The fourth-order valence-corrected chi connectivity index (χ4v) is 4.73. The van der Waals surface area contributed by atoms with E-state index in [1.165, 1.54) is 11.3 Å². The van der Waals surface area contributed by atoms with Crippen molar-refractivity contribution in [3.8, 4) is 5.75 Å². The van der Waals surface area contributed by atoms with Gasteiger partial charge in [-0.15, -0.1) is 11.3 Å². The predicted octanol–water partition coefficient (Wildman–Crippen LogP) is 3.72. The zero-order chi connectivity index (χ0) is 19.8. The Hall–Kier alpha value is -2.93. The third-order valence-corrected chi connectivity index (χ3v) is 6.33. The average Bonchev–Trinajstić information content (AvgIpc) is 3.26. The Morgan fingerprint density at radius 2 is 1.90 bits per heavy atom. The van der Waals surface area contributed by atoms with Gasteiger partial charge in [0.15, 0.2) is 6.10 Å². The summed E-state index contributed by atoms with van der Waals surface area (Å²) in [7, 11) is 0. The molecule has 5 rings (SSSR count). The van der Waals surface area contributed by atoms with E-state index >= 15 is 0 Å². The molecule has 0 unspecified atom stereocenters. The van der Waals surface area contributed by atoms with E-state index < -0.39 is 6.10 Å². The SMILES string of the molecule is O=C([C@@H]1CN(C(=O)c2ccc3ncsc3c2)c2ccccc2O1)N1CCCCC1. The first-order valence-corrected chi connectivity index (χ1v) is 10.8. The Morgan fingerprint density at radius 3 is 2.76 bits per heavy atom. The molecule has 3 heterocycles. The smallest absolute Gasteiger partial charge is 0.265 e. The van der Waals surface area contributed by atoms with Gasteiger partial charge in [0.1, 0.15) is 5.75 Å². The number of nitrogens with zero attached hydrogens (tertiary/aromatic N) is 3. The molecule has 1 fully saturated rings. The molecule has 0 spiro atoms. The van der Waals surface area contributed by atoms with E-state index in [0.717, 1.165) is 42.6 Å². The molecule has 0 aliphatic carbocycles. The number of aromatic nitrogens is 1. The second-order valence-electron chi connectivity index (χ2n) is 7.41. The van der Waals surface area contributed by atoms with Gasteiger partial charge in [0.2, 0.25) is 0 Å². The molecule has 7 heteroatoms. The largest absolute Gasteiger partial charge is 0.476 e.